The van der Waals surface area contributed by atoms with Gasteiger partial charge in [-0.2, -0.15) is 18.3 Å². The number of hydrogen-bond acceptors (Lipinski definition) is 4. The van der Waals surface area contributed by atoms with Gasteiger partial charge in [0.25, 0.3) is 0 Å². The van der Waals surface area contributed by atoms with Crippen molar-refractivity contribution in [2.24, 2.45) is 0 Å². The molecule has 0 aliphatic rings. The summed E-state index contributed by atoms with van der Waals surface area (Å²) >= 11 is 0. The van der Waals surface area contributed by atoms with E-state index in [2.05, 4.69) is 15.5 Å². The van der Waals surface area contributed by atoms with Crippen LogP contribution in [-0.2, 0) is 5.41 Å². The Morgan fingerprint density at radius 3 is 2.50 bits per heavy atom. The molecule has 0 spiro atoms. The van der Waals surface area contributed by atoms with Crippen molar-refractivity contribution in [2.75, 3.05) is 19.0 Å². The Balaban J connectivity index is 1.92. The van der Waals surface area contributed by atoms with Gasteiger partial charge in [0.05, 0.1) is 25.4 Å². The summed E-state index contributed by atoms with van der Waals surface area (Å²) in [5.74, 6) is -0.813. The molecule has 1 aromatic heterocycles. The fourth-order valence-electron chi connectivity index (χ4n) is 3.70. The lowest BCUT2D eigenvalue weighted by Crippen LogP contribution is -2.53. The van der Waals surface area contributed by atoms with Crippen LogP contribution in [0.5, 0.6) is 5.75 Å². The van der Waals surface area contributed by atoms with Crippen molar-refractivity contribution in [3.05, 3.63) is 54.0 Å². The van der Waals surface area contributed by atoms with E-state index in [9.17, 15) is 22.7 Å². The number of H-pyrrole nitrogens is 1. The molecule has 0 saturated carbocycles. The van der Waals surface area contributed by atoms with E-state index in [1.165, 1.54) is 45.4 Å². The number of para-hydroxylation sites is 1. The number of alkyl halides is 3. The standard InChI is InChI=1S/C21H23F4N3O2/c1-19(2,14-6-4-7-15(22)18(14)30-3)11-20(29,21(23,24)25)12-26-16-8-5-9-17-13(16)10-27-28-17/h4-10,26,29H,11-12H2,1-3H3,(H,27,28). The molecule has 9 heteroatoms. The minimum atomic E-state index is -4.93. The predicted molar refractivity (Wildman–Crippen MR) is 106 cm³/mol. The number of anilines is 1. The minimum Gasteiger partial charge on any atom is -0.493 e. The van der Waals surface area contributed by atoms with Crippen LogP contribution >= 0.6 is 0 Å². The van der Waals surface area contributed by atoms with Crippen LogP contribution in [0.15, 0.2) is 42.6 Å². The lowest BCUT2D eigenvalue weighted by molar-refractivity contribution is -0.260. The molecule has 1 unspecified atom stereocenters. The van der Waals surface area contributed by atoms with Crippen LogP contribution in [0.4, 0.5) is 23.2 Å². The zero-order valence-electron chi connectivity index (χ0n) is 16.8. The van der Waals surface area contributed by atoms with Crippen molar-refractivity contribution in [3.8, 4) is 5.75 Å². The summed E-state index contributed by atoms with van der Waals surface area (Å²) in [6, 6.07) is 9.08. The molecule has 30 heavy (non-hydrogen) atoms. The molecule has 5 nitrogen and oxygen atoms in total. The number of nitrogens with one attached hydrogen (secondary N) is 2. The van der Waals surface area contributed by atoms with E-state index in [1.54, 1.807) is 18.2 Å². The average Bonchev–Trinajstić information content (AvgIpc) is 3.14. The molecule has 3 rings (SSSR count). The van der Waals surface area contributed by atoms with Crippen LogP contribution in [-0.4, -0.2) is 40.7 Å². The van der Waals surface area contributed by atoms with E-state index >= 15 is 0 Å². The van der Waals surface area contributed by atoms with Gasteiger partial charge in [-0.05, 0) is 30.0 Å². The van der Waals surface area contributed by atoms with Crippen LogP contribution in [0.1, 0.15) is 25.8 Å². The summed E-state index contributed by atoms with van der Waals surface area (Å²) in [6.07, 6.45) is -4.15. The number of methoxy groups -OCH3 is 1. The van der Waals surface area contributed by atoms with Gasteiger partial charge in [-0.3, -0.25) is 5.10 Å². The molecule has 2 aromatic carbocycles. The Labute approximate surface area is 171 Å². The van der Waals surface area contributed by atoms with Gasteiger partial charge in [-0.1, -0.05) is 32.0 Å². The van der Waals surface area contributed by atoms with E-state index in [0.717, 1.165) is 0 Å². The van der Waals surface area contributed by atoms with Crippen molar-refractivity contribution in [1.29, 1.82) is 0 Å². The van der Waals surface area contributed by atoms with Crippen LogP contribution in [0, 0.1) is 5.82 Å². The monoisotopic (exact) mass is 425 g/mol. The van der Waals surface area contributed by atoms with Crippen LogP contribution < -0.4 is 10.1 Å². The van der Waals surface area contributed by atoms with Crippen molar-refractivity contribution in [2.45, 2.75) is 37.5 Å². The molecular formula is C21H23F4N3O2. The molecule has 0 aliphatic heterocycles. The number of aliphatic hydroxyl groups is 1. The van der Waals surface area contributed by atoms with Gasteiger partial charge in [0.2, 0.25) is 0 Å². The number of aromatic amines is 1. The van der Waals surface area contributed by atoms with Crippen molar-refractivity contribution < 1.29 is 27.4 Å². The first kappa shape index (κ1) is 21.9. The Kier molecular flexibility index (Phi) is 5.68. The second-order valence-electron chi connectivity index (χ2n) is 7.90. The first-order valence-corrected chi connectivity index (χ1v) is 9.26. The van der Waals surface area contributed by atoms with Gasteiger partial charge in [0.15, 0.2) is 17.2 Å². The fourth-order valence-corrected chi connectivity index (χ4v) is 3.70. The second-order valence-corrected chi connectivity index (χ2v) is 7.90. The first-order chi connectivity index (χ1) is 14.0. The molecule has 0 bridgehead atoms. The number of ether oxygens (including phenoxy) is 1. The van der Waals surface area contributed by atoms with Gasteiger partial charge < -0.3 is 15.2 Å². The molecule has 1 heterocycles. The first-order valence-electron chi connectivity index (χ1n) is 9.26. The van der Waals surface area contributed by atoms with Crippen molar-refractivity contribution >= 4 is 16.6 Å². The zero-order chi connectivity index (χ0) is 22.2. The van der Waals surface area contributed by atoms with E-state index < -0.39 is 36.0 Å². The highest BCUT2D eigenvalue weighted by atomic mass is 19.4. The Morgan fingerprint density at radius 2 is 1.83 bits per heavy atom. The van der Waals surface area contributed by atoms with Gasteiger partial charge in [0.1, 0.15) is 0 Å². The quantitative estimate of drug-likeness (QED) is 0.477. The molecule has 0 aliphatic carbocycles. The number of benzene rings is 2. The maximum atomic E-state index is 14.1. The Morgan fingerprint density at radius 1 is 1.13 bits per heavy atom. The van der Waals surface area contributed by atoms with Gasteiger partial charge in [-0.25, -0.2) is 4.39 Å². The Hall–Kier alpha value is -2.81. The summed E-state index contributed by atoms with van der Waals surface area (Å²) < 4.78 is 61.0. The summed E-state index contributed by atoms with van der Waals surface area (Å²) in [7, 11) is 1.25. The molecule has 1 atom stereocenters. The maximum absolute atomic E-state index is 14.1. The van der Waals surface area contributed by atoms with Crippen LogP contribution in [0.3, 0.4) is 0 Å². The molecule has 0 saturated heterocycles. The van der Waals surface area contributed by atoms with E-state index in [0.29, 0.717) is 16.6 Å². The third kappa shape index (κ3) is 4.07. The van der Waals surface area contributed by atoms with Gasteiger partial charge in [0, 0.05) is 16.6 Å². The average molecular weight is 425 g/mol. The predicted octanol–water partition coefficient (Wildman–Crippen LogP) is 4.78. The van der Waals surface area contributed by atoms with Gasteiger partial charge >= 0.3 is 6.18 Å². The normalized spacial score (nSPS) is 14.5. The molecule has 0 amide bonds. The fraction of sp³-hybridized carbons (Fsp3) is 0.381. The maximum Gasteiger partial charge on any atom is 0.418 e. The molecular weight excluding hydrogens is 402 g/mol. The van der Waals surface area contributed by atoms with Crippen LogP contribution in [0.25, 0.3) is 10.9 Å². The minimum absolute atomic E-state index is 0.136. The highest BCUT2D eigenvalue weighted by molar-refractivity contribution is 5.90. The Bertz CT molecular complexity index is 1030. The van der Waals surface area contributed by atoms with E-state index in [4.69, 9.17) is 4.74 Å². The number of aromatic nitrogens is 2. The summed E-state index contributed by atoms with van der Waals surface area (Å²) in [4.78, 5) is 0. The summed E-state index contributed by atoms with van der Waals surface area (Å²) in [5.41, 5.74) is -3.03. The van der Waals surface area contributed by atoms with Gasteiger partial charge in [-0.15, -0.1) is 0 Å². The topological polar surface area (TPSA) is 70.2 Å². The highest BCUT2D eigenvalue weighted by Gasteiger charge is 2.56. The van der Waals surface area contributed by atoms with Crippen LogP contribution in [0.2, 0.25) is 0 Å². The second kappa shape index (κ2) is 7.79. The number of fused-ring (bicyclic) bond motifs is 1. The summed E-state index contributed by atoms with van der Waals surface area (Å²) in [5, 5.41) is 20.6. The number of nitrogens with zero attached hydrogens (tertiary/aromatic N) is 1. The zero-order valence-corrected chi connectivity index (χ0v) is 16.8. The molecule has 0 radical (unpaired) electrons. The highest BCUT2D eigenvalue weighted by Crippen LogP contribution is 2.44. The molecule has 3 aromatic rings. The van der Waals surface area contributed by atoms with Crippen molar-refractivity contribution in [3.63, 3.8) is 0 Å². The number of hydrogen-bond donors (Lipinski definition) is 3. The van der Waals surface area contributed by atoms with Crippen molar-refractivity contribution in [1.82, 2.24) is 10.2 Å². The third-order valence-electron chi connectivity index (χ3n) is 5.22. The molecule has 3 N–H and O–H groups in total. The SMILES string of the molecule is COc1c(F)cccc1C(C)(C)CC(O)(CNc1cccc2[nH]ncc12)C(F)(F)F. The smallest absolute Gasteiger partial charge is 0.418 e. The third-order valence-corrected chi connectivity index (χ3v) is 5.22. The number of rotatable bonds is 7. The molecule has 162 valence electrons. The number of halogens is 4. The summed E-state index contributed by atoms with van der Waals surface area (Å²) in [6.45, 7) is 2.23. The lowest BCUT2D eigenvalue weighted by atomic mass is 9.74. The van der Waals surface area contributed by atoms with E-state index in [-0.39, 0.29) is 11.3 Å². The lowest BCUT2D eigenvalue weighted by Gasteiger charge is -2.38. The molecule has 0 fully saturated rings. The largest absolute Gasteiger partial charge is 0.493 e. The van der Waals surface area contributed by atoms with E-state index in [1.807, 2.05) is 0 Å².